The van der Waals surface area contributed by atoms with Gasteiger partial charge in [0.15, 0.2) is 0 Å². The first kappa shape index (κ1) is 12.9. The molecule has 1 aromatic heterocycles. The highest BCUT2D eigenvalue weighted by Crippen LogP contribution is 2.38. The van der Waals surface area contributed by atoms with Gasteiger partial charge in [-0.2, -0.15) is 0 Å². The zero-order valence-corrected chi connectivity index (χ0v) is 12.0. The molecule has 21 heavy (non-hydrogen) atoms. The van der Waals surface area contributed by atoms with Crippen LogP contribution in [0.2, 0.25) is 0 Å². The molecule has 1 unspecified atom stereocenters. The Bertz CT molecular complexity index is 672. The molecule has 110 valence electrons. The fraction of sp³-hybridized carbons (Fsp3) is 0.471. The number of para-hydroxylation sites is 1. The van der Waals surface area contributed by atoms with Crippen LogP contribution in [0.3, 0.4) is 0 Å². The Morgan fingerprint density at radius 1 is 1.33 bits per heavy atom. The van der Waals surface area contributed by atoms with E-state index < -0.39 is 0 Å². The van der Waals surface area contributed by atoms with Gasteiger partial charge in [-0.15, -0.1) is 0 Å². The van der Waals surface area contributed by atoms with Gasteiger partial charge < -0.3 is 15.1 Å². The van der Waals surface area contributed by atoms with Gasteiger partial charge in [0.25, 0.3) is 5.91 Å². The van der Waals surface area contributed by atoms with Crippen LogP contribution < -0.4 is 10.6 Å². The molecule has 4 nitrogen and oxygen atoms in total. The van der Waals surface area contributed by atoms with Gasteiger partial charge in [-0.1, -0.05) is 18.2 Å². The zero-order chi connectivity index (χ0) is 14.3. The fourth-order valence-corrected chi connectivity index (χ4v) is 3.68. The summed E-state index contributed by atoms with van der Waals surface area (Å²) in [6.45, 7) is 0.997. The van der Waals surface area contributed by atoms with Gasteiger partial charge in [-0.3, -0.25) is 4.79 Å². The number of rotatable bonds is 2. The van der Waals surface area contributed by atoms with E-state index in [2.05, 4.69) is 10.6 Å². The molecule has 1 amide bonds. The fourth-order valence-electron chi connectivity index (χ4n) is 3.68. The number of nitrogens with one attached hydrogen (secondary N) is 2. The Kier molecular flexibility index (Phi) is 3.00. The normalized spacial score (nSPS) is 23.9. The maximum Gasteiger partial charge on any atom is 0.255 e. The Hall–Kier alpha value is -1.81. The molecule has 4 rings (SSSR count). The predicted molar refractivity (Wildman–Crippen MR) is 81.3 cm³/mol. The van der Waals surface area contributed by atoms with Gasteiger partial charge in [0, 0.05) is 17.0 Å². The number of furan rings is 1. The molecule has 0 radical (unpaired) electrons. The summed E-state index contributed by atoms with van der Waals surface area (Å²) in [5.41, 5.74) is 1.71. The van der Waals surface area contributed by atoms with E-state index in [-0.39, 0.29) is 11.9 Å². The van der Waals surface area contributed by atoms with Gasteiger partial charge >= 0.3 is 0 Å². The Balaban J connectivity index is 1.50. The van der Waals surface area contributed by atoms with E-state index in [0.717, 1.165) is 30.4 Å². The molecule has 4 heteroatoms. The van der Waals surface area contributed by atoms with Gasteiger partial charge in [0.2, 0.25) is 0 Å². The molecule has 2 N–H and O–H groups in total. The van der Waals surface area contributed by atoms with Crippen LogP contribution in [0.1, 0.15) is 42.5 Å². The molecule has 1 atom stereocenters. The van der Waals surface area contributed by atoms with E-state index in [1.807, 2.05) is 24.3 Å². The maximum atomic E-state index is 12.5. The lowest BCUT2D eigenvalue weighted by molar-refractivity contribution is 0.0854. The number of fused-ring (bicyclic) bond motifs is 1. The lowest BCUT2D eigenvalue weighted by atomic mass is 9.70. The molecular weight excluding hydrogens is 264 g/mol. The molecule has 1 saturated heterocycles. The van der Waals surface area contributed by atoms with E-state index in [4.69, 9.17) is 4.42 Å². The molecule has 1 aliphatic carbocycles. The quantitative estimate of drug-likeness (QED) is 0.891. The summed E-state index contributed by atoms with van der Waals surface area (Å²) in [5, 5.41) is 7.72. The maximum absolute atomic E-state index is 12.5. The van der Waals surface area contributed by atoms with Gasteiger partial charge in [0.05, 0.1) is 5.56 Å². The number of carbonyl (C=O) groups excluding carboxylic acids is 1. The molecule has 1 aromatic carbocycles. The Morgan fingerprint density at radius 3 is 3.00 bits per heavy atom. The minimum absolute atomic E-state index is 0.0127. The van der Waals surface area contributed by atoms with Crippen LogP contribution in [0.4, 0.5) is 0 Å². The topological polar surface area (TPSA) is 54.3 Å². The van der Waals surface area contributed by atoms with Gasteiger partial charge in [-0.25, -0.2) is 0 Å². The standard InChI is InChI=1S/C17H20N2O2/c20-16(14-11-21-15-5-2-1-4-13(14)15)19-12-6-9-18-17(10-12)7-3-8-17/h1-2,4-5,11-12,18H,3,6-10H2,(H,19,20). The summed E-state index contributed by atoms with van der Waals surface area (Å²) in [6.07, 6.45) is 7.42. The van der Waals surface area contributed by atoms with Crippen LogP contribution in [0.25, 0.3) is 11.0 Å². The van der Waals surface area contributed by atoms with Crippen LogP contribution in [0.5, 0.6) is 0 Å². The molecule has 2 heterocycles. The second-order valence-electron chi connectivity index (χ2n) is 6.37. The van der Waals surface area contributed by atoms with Crippen molar-refractivity contribution in [3.63, 3.8) is 0 Å². The largest absolute Gasteiger partial charge is 0.463 e. The lowest BCUT2D eigenvalue weighted by Crippen LogP contribution is -2.59. The minimum atomic E-state index is -0.0127. The van der Waals surface area contributed by atoms with Crippen molar-refractivity contribution < 1.29 is 9.21 Å². The van der Waals surface area contributed by atoms with Crippen molar-refractivity contribution in [3.8, 4) is 0 Å². The number of carbonyl (C=O) groups is 1. The monoisotopic (exact) mass is 284 g/mol. The van der Waals surface area contributed by atoms with Gasteiger partial charge in [0.1, 0.15) is 11.8 Å². The summed E-state index contributed by atoms with van der Waals surface area (Å²) in [7, 11) is 0. The highest BCUT2D eigenvalue weighted by Gasteiger charge is 2.41. The third-order valence-corrected chi connectivity index (χ3v) is 5.00. The molecule has 2 fully saturated rings. The number of hydrogen-bond acceptors (Lipinski definition) is 3. The second kappa shape index (κ2) is 4.88. The van der Waals surface area contributed by atoms with Crippen LogP contribution in [0, 0.1) is 0 Å². The Labute approximate surface area is 123 Å². The van der Waals surface area contributed by atoms with Crippen molar-refractivity contribution in [2.24, 2.45) is 0 Å². The third-order valence-electron chi connectivity index (χ3n) is 5.00. The summed E-state index contributed by atoms with van der Waals surface area (Å²) < 4.78 is 5.46. The summed E-state index contributed by atoms with van der Waals surface area (Å²) in [6, 6.07) is 7.94. The summed E-state index contributed by atoms with van der Waals surface area (Å²) in [5.74, 6) is -0.0127. The van der Waals surface area contributed by atoms with Crippen LogP contribution in [-0.4, -0.2) is 24.0 Å². The molecule has 0 bridgehead atoms. The van der Waals surface area contributed by atoms with Crippen LogP contribution >= 0.6 is 0 Å². The van der Waals surface area contributed by atoms with E-state index in [0.29, 0.717) is 11.1 Å². The zero-order valence-electron chi connectivity index (χ0n) is 12.0. The first-order valence-corrected chi connectivity index (χ1v) is 7.78. The second-order valence-corrected chi connectivity index (χ2v) is 6.37. The number of piperidine rings is 1. The SMILES string of the molecule is O=C(NC1CCNC2(CCC2)C1)c1coc2ccccc12. The molecule has 1 spiro atoms. The third kappa shape index (κ3) is 2.23. The number of amides is 1. The van der Waals surface area contributed by atoms with E-state index >= 15 is 0 Å². The van der Waals surface area contributed by atoms with Crippen molar-refractivity contribution in [1.82, 2.24) is 10.6 Å². The number of benzene rings is 1. The van der Waals surface area contributed by atoms with Crippen LogP contribution in [-0.2, 0) is 0 Å². The highest BCUT2D eigenvalue weighted by atomic mass is 16.3. The predicted octanol–water partition coefficient (Wildman–Crippen LogP) is 2.84. The average molecular weight is 284 g/mol. The Morgan fingerprint density at radius 2 is 2.19 bits per heavy atom. The lowest BCUT2D eigenvalue weighted by Gasteiger charge is -2.48. The van der Waals surface area contributed by atoms with Gasteiger partial charge in [-0.05, 0) is 44.7 Å². The van der Waals surface area contributed by atoms with E-state index in [9.17, 15) is 4.79 Å². The van der Waals surface area contributed by atoms with Crippen LogP contribution in [0.15, 0.2) is 34.9 Å². The minimum Gasteiger partial charge on any atom is -0.463 e. The summed E-state index contributed by atoms with van der Waals surface area (Å²) >= 11 is 0. The van der Waals surface area contributed by atoms with Crippen molar-refractivity contribution in [3.05, 3.63) is 36.1 Å². The van der Waals surface area contributed by atoms with Crippen molar-refractivity contribution >= 4 is 16.9 Å². The first-order valence-electron chi connectivity index (χ1n) is 7.78. The first-order chi connectivity index (χ1) is 10.3. The number of hydrogen-bond donors (Lipinski definition) is 2. The smallest absolute Gasteiger partial charge is 0.255 e. The van der Waals surface area contributed by atoms with Crippen molar-refractivity contribution in [2.75, 3.05) is 6.54 Å². The molecular formula is C17H20N2O2. The highest BCUT2D eigenvalue weighted by molar-refractivity contribution is 6.05. The summed E-state index contributed by atoms with van der Waals surface area (Å²) in [4.78, 5) is 12.5. The average Bonchev–Trinajstić information content (AvgIpc) is 2.90. The molecule has 1 aliphatic heterocycles. The molecule has 2 aliphatic rings. The van der Waals surface area contributed by atoms with E-state index in [1.165, 1.54) is 19.3 Å². The molecule has 2 aromatic rings. The van der Waals surface area contributed by atoms with E-state index in [1.54, 1.807) is 6.26 Å². The van der Waals surface area contributed by atoms with Crippen molar-refractivity contribution in [2.45, 2.75) is 43.7 Å². The molecule has 1 saturated carbocycles. The van der Waals surface area contributed by atoms with Crippen molar-refractivity contribution in [1.29, 1.82) is 0 Å².